The number of halogens is 1. The van der Waals surface area contributed by atoms with Gasteiger partial charge in [-0.2, -0.15) is 4.31 Å². The average molecular weight is 329 g/mol. The fraction of sp³-hybridized carbons (Fsp3) is 0.500. The first kappa shape index (κ1) is 18.3. The summed E-state index contributed by atoms with van der Waals surface area (Å²) in [6.45, 7) is 1.94. The van der Waals surface area contributed by atoms with E-state index in [1.807, 2.05) is 0 Å². The molecule has 9 heteroatoms. The molecular formula is C10H17ClN2O4S2. The summed E-state index contributed by atoms with van der Waals surface area (Å²) in [4.78, 5) is 11.6. The summed E-state index contributed by atoms with van der Waals surface area (Å²) in [6.07, 6.45) is 0. The Bertz CT molecular complexity index is 529. The number of hydrogen-bond donors (Lipinski definition) is 1. The number of esters is 1. The van der Waals surface area contributed by atoms with Crippen molar-refractivity contribution in [2.75, 3.05) is 20.7 Å². The molecule has 0 amide bonds. The molecule has 0 saturated heterocycles. The smallest absolute Gasteiger partial charge is 0.348 e. The van der Waals surface area contributed by atoms with Crippen LogP contribution in [0.2, 0.25) is 0 Å². The monoisotopic (exact) mass is 328 g/mol. The van der Waals surface area contributed by atoms with E-state index in [1.54, 1.807) is 6.92 Å². The molecule has 110 valence electrons. The molecule has 0 aliphatic rings. The van der Waals surface area contributed by atoms with Crippen LogP contribution in [0.3, 0.4) is 0 Å². The van der Waals surface area contributed by atoms with E-state index in [4.69, 9.17) is 5.73 Å². The third kappa shape index (κ3) is 3.90. The van der Waals surface area contributed by atoms with Gasteiger partial charge in [0.2, 0.25) is 10.0 Å². The Hall–Kier alpha value is -0.670. The van der Waals surface area contributed by atoms with E-state index in [-0.39, 0.29) is 34.8 Å². The van der Waals surface area contributed by atoms with Crippen LogP contribution in [-0.4, -0.2) is 45.4 Å². The van der Waals surface area contributed by atoms with Gasteiger partial charge in [0.25, 0.3) is 0 Å². The molecule has 1 aromatic heterocycles. The summed E-state index contributed by atoms with van der Waals surface area (Å²) in [5, 5.41) is 1.42. The van der Waals surface area contributed by atoms with Gasteiger partial charge in [-0.25, -0.2) is 13.2 Å². The third-order valence-electron chi connectivity index (χ3n) is 2.60. The Kier molecular flexibility index (Phi) is 6.95. The molecule has 0 fully saturated rings. The number of thiophene rings is 1. The summed E-state index contributed by atoms with van der Waals surface area (Å²) in [7, 11) is -0.906. The van der Waals surface area contributed by atoms with Crippen molar-refractivity contribution < 1.29 is 17.9 Å². The molecule has 1 rings (SSSR count). The molecule has 1 unspecified atom stereocenters. The van der Waals surface area contributed by atoms with Crippen LogP contribution in [0.15, 0.2) is 16.3 Å². The number of hydrogen-bond acceptors (Lipinski definition) is 6. The maximum Gasteiger partial charge on any atom is 0.348 e. The average Bonchev–Trinajstić information content (AvgIpc) is 2.86. The SMILES string of the molecule is COC(=O)c1cc(S(=O)(=O)N(C)C(C)CN)cs1.Cl. The van der Waals surface area contributed by atoms with Gasteiger partial charge in [0.05, 0.1) is 12.0 Å². The summed E-state index contributed by atoms with van der Waals surface area (Å²) in [5.74, 6) is -0.545. The fourth-order valence-corrected chi connectivity index (χ4v) is 3.76. The van der Waals surface area contributed by atoms with Gasteiger partial charge >= 0.3 is 5.97 Å². The lowest BCUT2D eigenvalue weighted by molar-refractivity contribution is 0.0606. The van der Waals surface area contributed by atoms with E-state index in [1.165, 1.54) is 29.9 Å². The zero-order valence-electron chi connectivity index (χ0n) is 10.8. The van der Waals surface area contributed by atoms with Crippen LogP contribution in [0.4, 0.5) is 0 Å². The summed E-state index contributed by atoms with van der Waals surface area (Å²) in [5.41, 5.74) is 5.45. The first-order chi connectivity index (χ1) is 8.34. The van der Waals surface area contributed by atoms with Gasteiger partial charge in [-0.15, -0.1) is 23.7 Å². The molecule has 0 saturated carbocycles. The zero-order valence-corrected chi connectivity index (χ0v) is 13.3. The molecule has 1 atom stereocenters. The molecule has 2 N–H and O–H groups in total. The van der Waals surface area contributed by atoms with Crippen LogP contribution in [-0.2, 0) is 14.8 Å². The van der Waals surface area contributed by atoms with E-state index in [9.17, 15) is 13.2 Å². The Morgan fingerprint density at radius 1 is 1.58 bits per heavy atom. The number of sulfonamides is 1. The second-order valence-corrected chi connectivity index (χ2v) is 6.65. The molecule has 0 aliphatic heterocycles. The highest BCUT2D eigenvalue weighted by Crippen LogP contribution is 2.23. The van der Waals surface area contributed by atoms with E-state index in [2.05, 4.69) is 4.74 Å². The lowest BCUT2D eigenvalue weighted by Crippen LogP contribution is -2.39. The van der Waals surface area contributed by atoms with Gasteiger partial charge in [-0.1, -0.05) is 0 Å². The van der Waals surface area contributed by atoms with Gasteiger partial charge < -0.3 is 10.5 Å². The Balaban J connectivity index is 0.00000324. The molecule has 1 heterocycles. The predicted molar refractivity (Wildman–Crippen MR) is 76.4 cm³/mol. The highest BCUT2D eigenvalue weighted by Gasteiger charge is 2.26. The van der Waals surface area contributed by atoms with Gasteiger partial charge in [0.1, 0.15) is 4.88 Å². The van der Waals surface area contributed by atoms with Crippen molar-refractivity contribution in [1.29, 1.82) is 0 Å². The molecular weight excluding hydrogens is 312 g/mol. The van der Waals surface area contributed by atoms with Crippen LogP contribution >= 0.6 is 23.7 Å². The van der Waals surface area contributed by atoms with E-state index in [0.717, 1.165) is 11.3 Å². The maximum absolute atomic E-state index is 12.2. The van der Waals surface area contributed by atoms with Crippen LogP contribution in [0.5, 0.6) is 0 Å². The lowest BCUT2D eigenvalue weighted by Gasteiger charge is -2.22. The Morgan fingerprint density at radius 3 is 2.63 bits per heavy atom. The molecule has 0 aliphatic carbocycles. The number of rotatable bonds is 5. The van der Waals surface area contributed by atoms with Crippen LogP contribution in [0.25, 0.3) is 0 Å². The third-order valence-corrected chi connectivity index (χ3v) is 5.61. The topological polar surface area (TPSA) is 89.7 Å². The molecule has 1 aromatic rings. The minimum Gasteiger partial charge on any atom is -0.465 e. The van der Waals surface area contributed by atoms with Crippen LogP contribution in [0, 0.1) is 0 Å². The van der Waals surface area contributed by atoms with Crippen molar-refractivity contribution in [3.05, 3.63) is 16.3 Å². The first-order valence-corrected chi connectivity index (χ1v) is 7.51. The number of methoxy groups -OCH3 is 1. The number of likely N-dealkylation sites (N-methyl/N-ethyl adjacent to an activating group) is 1. The quantitative estimate of drug-likeness (QED) is 0.812. The Labute approximate surface area is 123 Å². The number of ether oxygens (including phenoxy) is 1. The fourth-order valence-electron chi connectivity index (χ4n) is 1.21. The van der Waals surface area contributed by atoms with E-state index < -0.39 is 16.0 Å². The number of nitrogens with two attached hydrogens (primary N) is 1. The predicted octanol–water partition coefficient (Wildman–Crippen LogP) is 0.924. The molecule has 0 radical (unpaired) electrons. The number of carbonyl (C=O) groups excluding carboxylic acids is 1. The summed E-state index contributed by atoms with van der Waals surface area (Å²) in [6, 6.07) is 1.00. The van der Waals surface area contributed by atoms with Gasteiger partial charge in [0, 0.05) is 25.0 Å². The van der Waals surface area contributed by atoms with Crippen LogP contribution in [0.1, 0.15) is 16.6 Å². The molecule has 0 spiro atoms. The lowest BCUT2D eigenvalue weighted by atomic mass is 10.4. The normalized spacial score (nSPS) is 12.9. The van der Waals surface area contributed by atoms with Crippen molar-refractivity contribution in [2.24, 2.45) is 5.73 Å². The highest BCUT2D eigenvalue weighted by molar-refractivity contribution is 7.89. The minimum absolute atomic E-state index is 0. The second kappa shape index (κ2) is 7.20. The van der Waals surface area contributed by atoms with Gasteiger partial charge in [0.15, 0.2) is 0 Å². The van der Waals surface area contributed by atoms with Crippen molar-refractivity contribution in [1.82, 2.24) is 4.31 Å². The minimum atomic E-state index is -3.62. The molecule has 0 bridgehead atoms. The molecule has 6 nitrogen and oxygen atoms in total. The van der Waals surface area contributed by atoms with Gasteiger partial charge in [-0.3, -0.25) is 0 Å². The first-order valence-electron chi connectivity index (χ1n) is 5.19. The zero-order chi connectivity index (χ0) is 13.9. The molecule has 19 heavy (non-hydrogen) atoms. The van der Waals surface area contributed by atoms with E-state index in [0.29, 0.717) is 0 Å². The number of nitrogens with zero attached hydrogens (tertiary/aromatic N) is 1. The van der Waals surface area contributed by atoms with Crippen molar-refractivity contribution >= 4 is 39.7 Å². The molecule has 0 aromatic carbocycles. The summed E-state index contributed by atoms with van der Waals surface area (Å²) >= 11 is 1.03. The standard InChI is InChI=1S/C10H16N2O4S2.ClH/c1-7(5-11)12(2)18(14,15)8-4-9(17-6-8)10(13)16-3;/h4,6-7H,5,11H2,1-3H3;1H. The van der Waals surface area contributed by atoms with Crippen molar-refractivity contribution in [3.63, 3.8) is 0 Å². The van der Waals surface area contributed by atoms with Gasteiger partial charge in [-0.05, 0) is 13.0 Å². The number of carbonyl (C=O) groups is 1. The van der Waals surface area contributed by atoms with Crippen LogP contribution < -0.4 is 5.73 Å². The van der Waals surface area contributed by atoms with Crippen molar-refractivity contribution in [2.45, 2.75) is 17.9 Å². The van der Waals surface area contributed by atoms with Crippen molar-refractivity contribution in [3.8, 4) is 0 Å². The Morgan fingerprint density at radius 2 is 2.16 bits per heavy atom. The largest absolute Gasteiger partial charge is 0.465 e. The van der Waals surface area contributed by atoms with E-state index >= 15 is 0 Å². The highest BCUT2D eigenvalue weighted by atomic mass is 35.5. The summed E-state index contributed by atoms with van der Waals surface area (Å²) < 4.78 is 30.1. The maximum atomic E-state index is 12.2. The second-order valence-electron chi connectivity index (χ2n) is 3.74.